The normalized spacial score (nSPS) is 14.1. The van der Waals surface area contributed by atoms with Crippen molar-refractivity contribution in [3.8, 4) is 0 Å². The van der Waals surface area contributed by atoms with Crippen LogP contribution in [0.4, 0.5) is 0 Å². The molecule has 0 bridgehead atoms. The summed E-state index contributed by atoms with van der Waals surface area (Å²) in [7, 11) is 0. The number of carbonyl (C=O) groups excluding carboxylic acids is 3. The van der Waals surface area contributed by atoms with Gasteiger partial charge in [0.15, 0.2) is 0 Å². The van der Waals surface area contributed by atoms with Crippen molar-refractivity contribution < 1.29 is 14.4 Å². The van der Waals surface area contributed by atoms with Gasteiger partial charge < -0.3 is 15.1 Å². The zero-order chi connectivity index (χ0) is 19.6. The molecule has 0 atom stereocenters. The Morgan fingerprint density at radius 2 is 1.67 bits per heavy atom. The largest absolute Gasteiger partial charge is 0.355 e. The van der Waals surface area contributed by atoms with Gasteiger partial charge in [0.05, 0.1) is 0 Å². The second kappa shape index (κ2) is 11.2. The molecule has 0 spiro atoms. The molecule has 1 aromatic carbocycles. The second-order valence-electron chi connectivity index (χ2n) is 6.42. The van der Waals surface area contributed by atoms with Crippen LogP contribution in [0.25, 0.3) is 0 Å². The highest BCUT2D eigenvalue weighted by Gasteiger charge is 2.22. The van der Waals surface area contributed by atoms with Crippen molar-refractivity contribution in [1.29, 1.82) is 0 Å². The predicted molar refractivity (Wildman–Crippen MR) is 109 cm³/mol. The third-order valence-corrected chi connectivity index (χ3v) is 5.68. The van der Waals surface area contributed by atoms with Crippen LogP contribution in [-0.2, 0) is 20.1 Å². The summed E-state index contributed by atoms with van der Waals surface area (Å²) >= 11 is 7.59. The molecule has 6 nitrogen and oxygen atoms in total. The first-order chi connectivity index (χ1) is 13.0. The first kappa shape index (κ1) is 21.6. The van der Waals surface area contributed by atoms with Crippen LogP contribution < -0.4 is 5.32 Å². The van der Waals surface area contributed by atoms with Gasteiger partial charge in [-0.15, -0.1) is 0 Å². The van der Waals surface area contributed by atoms with Gasteiger partial charge in [0.25, 0.3) is 0 Å². The number of amides is 3. The molecule has 0 radical (unpaired) electrons. The summed E-state index contributed by atoms with van der Waals surface area (Å²) in [5.41, 5.74) is 1.20. The Morgan fingerprint density at radius 1 is 1.04 bits per heavy atom. The smallest absolute Gasteiger partial charge is 0.223 e. The highest BCUT2D eigenvalue weighted by Crippen LogP contribution is 2.15. The van der Waals surface area contributed by atoms with E-state index in [0.717, 1.165) is 16.5 Å². The zero-order valence-corrected chi connectivity index (χ0v) is 17.2. The lowest BCUT2D eigenvalue weighted by Gasteiger charge is -2.34. The molecular weight excluding hydrogens is 386 g/mol. The number of hydrogen-bond acceptors (Lipinski definition) is 4. The monoisotopic (exact) mass is 411 g/mol. The van der Waals surface area contributed by atoms with Crippen molar-refractivity contribution in [2.75, 3.05) is 38.5 Å². The van der Waals surface area contributed by atoms with Crippen molar-refractivity contribution in [1.82, 2.24) is 15.1 Å². The number of hydrogen-bond donors (Lipinski definition) is 1. The summed E-state index contributed by atoms with van der Waals surface area (Å²) in [6.07, 6.45) is 0.414. The third-order valence-electron chi connectivity index (χ3n) is 4.39. The number of rotatable bonds is 8. The van der Waals surface area contributed by atoms with Crippen LogP contribution in [0.15, 0.2) is 24.3 Å². The lowest BCUT2D eigenvalue weighted by molar-refractivity contribution is -0.139. The molecule has 1 aliphatic heterocycles. The quantitative estimate of drug-likeness (QED) is 0.665. The molecule has 1 saturated heterocycles. The number of thioether (sulfide) groups is 1. The first-order valence-electron chi connectivity index (χ1n) is 9.08. The molecule has 8 heteroatoms. The van der Waals surface area contributed by atoms with Crippen LogP contribution in [0, 0.1) is 0 Å². The highest BCUT2D eigenvalue weighted by atomic mass is 35.5. The maximum Gasteiger partial charge on any atom is 0.223 e. The van der Waals surface area contributed by atoms with E-state index in [1.54, 1.807) is 21.6 Å². The Bertz CT molecular complexity index is 646. The number of halogens is 1. The molecule has 1 fully saturated rings. The molecule has 148 valence electrons. The molecular formula is C19H26ClN3O3S. The average molecular weight is 412 g/mol. The van der Waals surface area contributed by atoms with Crippen LogP contribution in [0.1, 0.15) is 25.3 Å². The van der Waals surface area contributed by atoms with E-state index >= 15 is 0 Å². The van der Waals surface area contributed by atoms with E-state index in [1.807, 2.05) is 24.3 Å². The molecule has 1 N–H and O–H groups in total. The van der Waals surface area contributed by atoms with Gasteiger partial charge in [-0.1, -0.05) is 23.7 Å². The summed E-state index contributed by atoms with van der Waals surface area (Å²) in [5, 5.41) is 3.58. The lowest BCUT2D eigenvalue weighted by atomic mass is 10.2. The number of piperazine rings is 1. The number of nitrogens with one attached hydrogen (secondary N) is 1. The number of benzene rings is 1. The SMILES string of the molecule is CC(=O)N1CCN(C(=O)CCC(=O)NCCSCc2ccc(Cl)cc2)CC1. The zero-order valence-electron chi connectivity index (χ0n) is 15.6. The van der Waals surface area contributed by atoms with E-state index in [0.29, 0.717) is 32.7 Å². The van der Waals surface area contributed by atoms with E-state index in [1.165, 1.54) is 12.5 Å². The Hall–Kier alpha value is -1.73. The van der Waals surface area contributed by atoms with Crippen LogP contribution in [-0.4, -0.2) is 66.0 Å². The number of carbonyl (C=O) groups is 3. The van der Waals surface area contributed by atoms with E-state index in [4.69, 9.17) is 11.6 Å². The van der Waals surface area contributed by atoms with Crippen LogP contribution >= 0.6 is 23.4 Å². The Balaban J connectivity index is 1.53. The summed E-state index contributed by atoms with van der Waals surface area (Å²) in [4.78, 5) is 38.8. The molecule has 1 aliphatic rings. The fraction of sp³-hybridized carbons (Fsp3) is 0.526. The highest BCUT2D eigenvalue weighted by molar-refractivity contribution is 7.98. The molecule has 1 heterocycles. The van der Waals surface area contributed by atoms with Gasteiger partial charge in [-0.2, -0.15) is 11.8 Å². The topological polar surface area (TPSA) is 69.7 Å². The van der Waals surface area contributed by atoms with Gasteiger partial charge in [0.2, 0.25) is 17.7 Å². The maximum atomic E-state index is 12.2. The minimum absolute atomic E-state index is 0.0227. The lowest BCUT2D eigenvalue weighted by Crippen LogP contribution is -2.50. The first-order valence-corrected chi connectivity index (χ1v) is 10.6. The van der Waals surface area contributed by atoms with Crippen molar-refractivity contribution >= 4 is 41.1 Å². The van der Waals surface area contributed by atoms with E-state index < -0.39 is 0 Å². The standard InChI is InChI=1S/C19H26ClN3O3S/c1-15(24)22-9-11-23(12-10-22)19(26)7-6-18(25)21-8-13-27-14-16-2-4-17(20)5-3-16/h2-5H,6-14H2,1H3,(H,21,25). The molecule has 1 aromatic rings. The van der Waals surface area contributed by atoms with Crippen molar-refractivity contribution in [3.05, 3.63) is 34.9 Å². The molecule has 27 heavy (non-hydrogen) atoms. The molecule has 0 saturated carbocycles. The van der Waals surface area contributed by atoms with Crippen LogP contribution in [0.2, 0.25) is 5.02 Å². The summed E-state index contributed by atoms with van der Waals surface area (Å²) in [5.74, 6) is 1.60. The van der Waals surface area contributed by atoms with E-state index in [9.17, 15) is 14.4 Å². The van der Waals surface area contributed by atoms with Gasteiger partial charge in [-0.3, -0.25) is 14.4 Å². The third kappa shape index (κ3) is 7.81. The maximum absolute atomic E-state index is 12.2. The van der Waals surface area contributed by atoms with Gasteiger partial charge in [0, 0.05) is 69.0 Å². The summed E-state index contributed by atoms with van der Waals surface area (Å²) < 4.78 is 0. The van der Waals surface area contributed by atoms with Gasteiger partial charge in [-0.05, 0) is 17.7 Å². The molecule has 0 aromatic heterocycles. The van der Waals surface area contributed by atoms with Crippen molar-refractivity contribution in [3.63, 3.8) is 0 Å². The Kier molecular flexibility index (Phi) is 8.94. The average Bonchev–Trinajstić information content (AvgIpc) is 2.67. The van der Waals surface area contributed by atoms with Crippen molar-refractivity contribution in [2.45, 2.75) is 25.5 Å². The van der Waals surface area contributed by atoms with Crippen molar-refractivity contribution in [2.24, 2.45) is 0 Å². The summed E-state index contributed by atoms with van der Waals surface area (Å²) in [6, 6.07) is 7.73. The van der Waals surface area contributed by atoms with Gasteiger partial charge in [0.1, 0.15) is 0 Å². The summed E-state index contributed by atoms with van der Waals surface area (Å²) in [6.45, 7) is 4.34. The van der Waals surface area contributed by atoms with E-state index in [2.05, 4.69) is 5.32 Å². The molecule has 3 amide bonds. The van der Waals surface area contributed by atoms with E-state index in [-0.39, 0.29) is 30.6 Å². The molecule has 2 rings (SSSR count). The molecule has 0 unspecified atom stereocenters. The van der Waals surface area contributed by atoms with Crippen LogP contribution in [0.3, 0.4) is 0 Å². The van der Waals surface area contributed by atoms with Gasteiger partial charge in [-0.25, -0.2) is 0 Å². The van der Waals surface area contributed by atoms with Crippen LogP contribution in [0.5, 0.6) is 0 Å². The fourth-order valence-electron chi connectivity index (χ4n) is 2.77. The Labute approximate surface area is 169 Å². The minimum Gasteiger partial charge on any atom is -0.355 e. The fourth-order valence-corrected chi connectivity index (χ4v) is 3.72. The predicted octanol–water partition coefficient (Wildman–Crippen LogP) is 2.16. The minimum atomic E-state index is -0.0992. The number of nitrogens with zero attached hydrogens (tertiary/aromatic N) is 2. The van der Waals surface area contributed by atoms with Gasteiger partial charge >= 0.3 is 0 Å². The molecule has 0 aliphatic carbocycles. The Morgan fingerprint density at radius 3 is 2.30 bits per heavy atom. The second-order valence-corrected chi connectivity index (χ2v) is 7.96.